The van der Waals surface area contributed by atoms with Gasteiger partial charge in [-0.1, -0.05) is 11.8 Å². The summed E-state index contributed by atoms with van der Waals surface area (Å²) in [6.45, 7) is 1.63. The Morgan fingerprint density at radius 1 is 1.53 bits per heavy atom. The van der Waals surface area contributed by atoms with E-state index in [4.69, 9.17) is 5.11 Å². The molecule has 6 heteroatoms. The van der Waals surface area contributed by atoms with Crippen LogP contribution in [0.3, 0.4) is 0 Å². The average molecular weight is 273 g/mol. The number of aliphatic hydroxyl groups is 1. The number of amides is 1. The molecular weight excluding hydrogens is 262 g/mol. The van der Waals surface area contributed by atoms with E-state index in [1.165, 1.54) is 17.5 Å². The molecule has 0 saturated heterocycles. The second-order valence-corrected chi connectivity index (χ2v) is 4.82. The molecule has 0 radical (unpaired) electrons. The van der Waals surface area contributed by atoms with E-state index in [-0.39, 0.29) is 12.5 Å². The molecule has 2 aromatic heterocycles. The number of pyridine rings is 1. The Kier molecular flexibility index (Phi) is 4.23. The monoisotopic (exact) mass is 273 g/mol. The molecule has 2 rings (SSSR count). The number of aliphatic hydroxyl groups excluding tert-OH is 1. The number of nitrogens with zero attached hydrogens (tertiary/aromatic N) is 2. The van der Waals surface area contributed by atoms with Crippen LogP contribution in [0.25, 0.3) is 0 Å². The Morgan fingerprint density at radius 2 is 2.37 bits per heavy atom. The molecule has 0 spiro atoms. The van der Waals surface area contributed by atoms with Gasteiger partial charge in [0.15, 0.2) is 0 Å². The first kappa shape index (κ1) is 13.2. The van der Waals surface area contributed by atoms with Crippen molar-refractivity contribution >= 4 is 23.1 Å². The number of carbonyl (C=O) groups excluding carboxylic acids is 1. The predicted molar refractivity (Wildman–Crippen MR) is 73.0 cm³/mol. The van der Waals surface area contributed by atoms with E-state index in [1.54, 1.807) is 18.3 Å². The van der Waals surface area contributed by atoms with E-state index in [0.717, 1.165) is 5.01 Å². The predicted octanol–water partition coefficient (Wildman–Crippen LogP) is 1.44. The van der Waals surface area contributed by atoms with E-state index in [2.05, 4.69) is 27.1 Å². The fourth-order valence-electron chi connectivity index (χ4n) is 1.36. The standard InChI is InChI=1S/C13H11N3O2S/c1-9-15-8-11(19-9)13(18)16-12-7-10(3-2-6-17)4-5-14-12/h4-5,7-8,17H,6H2,1H3,(H,14,16,18). The first-order valence-electron chi connectivity index (χ1n) is 5.48. The van der Waals surface area contributed by atoms with Crippen molar-refractivity contribution in [3.05, 3.63) is 40.0 Å². The van der Waals surface area contributed by atoms with Crippen LogP contribution in [0, 0.1) is 18.8 Å². The van der Waals surface area contributed by atoms with Gasteiger partial charge in [0.2, 0.25) is 0 Å². The molecule has 0 aliphatic rings. The molecule has 2 heterocycles. The van der Waals surface area contributed by atoms with Crippen molar-refractivity contribution in [3.63, 3.8) is 0 Å². The van der Waals surface area contributed by atoms with E-state index >= 15 is 0 Å². The minimum atomic E-state index is -0.245. The summed E-state index contributed by atoms with van der Waals surface area (Å²) >= 11 is 1.32. The number of thiazole rings is 1. The quantitative estimate of drug-likeness (QED) is 0.812. The van der Waals surface area contributed by atoms with Crippen LogP contribution in [0.15, 0.2) is 24.5 Å². The normalized spacial score (nSPS) is 9.58. The molecule has 2 aromatic rings. The van der Waals surface area contributed by atoms with Crippen molar-refractivity contribution in [1.29, 1.82) is 0 Å². The maximum atomic E-state index is 11.9. The van der Waals surface area contributed by atoms with Gasteiger partial charge in [-0.05, 0) is 19.1 Å². The number of rotatable bonds is 2. The van der Waals surface area contributed by atoms with Gasteiger partial charge in [0.1, 0.15) is 17.3 Å². The van der Waals surface area contributed by atoms with Gasteiger partial charge < -0.3 is 10.4 Å². The lowest BCUT2D eigenvalue weighted by Gasteiger charge is -2.02. The molecule has 0 aliphatic heterocycles. The van der Waals surface area contributed by atoms with E-state index in [0.29, 0.717) is 16.3 Å². The van der Waals surface area contributed by atoms with Crippen LogP contribution >= 0.6 is 11.3 Å². The fourth-order valence-corrected chi connectivity index (χ4v) is 2.04. The van der Waals surface area contributed by atoms with Gasteiger partial charge in [-0.3, -0.25) is 4.79 Å². The maximum absolute atomic E-state index is 11.9. The summed E-state index contributed by atoms with van der Waals surface area (Å²) in [5.41, 5.74) is 0.680. The summed E-state index contributed by atoms with van der Waals surface area (Å²) in [5.74, 6) is 5.46. The number of anilines is 1. The number of aryl methyl sites for hydroxylation is 1. The third kappa shape index (κ3) is 3.61. The first-order valence-corrected chi connectivity index (χ1v) is 6.30. The van der Waals surface area contributed by atoms with Crippen LogP contribution in [-0.4, -0.2) is 27.6 Å². The molecule has 96 valence electrons. The molecule has 0 aromatic carbocycles. The molecule has 0 saturated carbocycles. The first-order chi connectivity index (χ1) is 9.19. The Bertz CT molecular complexity index is 655. The second-order valence-electron chi connectivity index (χ2n) is 3.59. The molecule has 1 amide bonds. The van der Waals surface area contributed by atoms with Gasteiger partial charge in [0, 0.05) is 11.8 Å². The van der Waals surface area contributed by atoms with Gasteiger partial charge in [-0.15, -0.1) is 11.3 Å². The smallest absolute Gasteiger partial charge is 0.268 e. The largest absolute Gasteiger partial charge is 0.384 e. The molecular formula is C13H11N3O2S. The van der Waals surface area contributed by atoms with E-state index in [9.17, 15) is 4.79 Å². The summed E-state index contributed by atoms with van der Waals surface area (Å²) in [6.07, 6.45) is 3.08. The number of aromatic nitrogens is 2. The average Bonchev–Trinajstić information content (AvgIpc) is 2.83. The SMILES string of the molecule is Cc1ncc(C(=O)Nc2cc(C#CCO)ccn2)s1. The molecule has 0 fully saturated rings. The third-order valence-electron chi connectivity index (χ3n) is 2.16. The Balaban J connectivity index is 2.13. The highest BCUT2D eigenvalue weighted by Crippen LogP contribution is 2.14. The second kappa shape index (κ2) is 6.09. The van der Waals surface area contributed by atoms with Crippen molar-refractivity contribution in [2.45, 2.75) is 6.92 Å². The van der Waals surface area contributed by atoms with E-state index in [1.807, 2.05) is 6.92 Å². The fraction of sp³-hybridized carbons (Fsp3) is 0.154. The lowest BCUT2D eigenvalue weighted by molar-refractivity contribution is 0.103. The van der Waals surface area contributed by atoms with Crippen LogP contribution in [-0.2, 0) is 0 Å². The van der Waals surface area contributed by atoms with E-state index < -0.39 is 0 Å². The zero-order valence-corrected chi connectivity index (χ0v) is 11.0. The van der Waals surface area contributed by atoms with Crippen molar-refractivity contribution < 1.29 is 9.90 Å². The molecule has 19 heavy (non-hydrogen) atoms. The van der Waals surface area contributed by atoms with Crippen LogP contribution in [0.2, 0.25) is 0 Å². The van der Waals surface area contributed by atoms with Crippen molar-refractivity contribution in [2.75, 3.05) is 11.9 Å². The molecule has 0 unspecified atom stereocenters. The lowest BCUT2D eigenvalue weighted by Crippen LogP contribution is -2.11. The highest BCUT2D eigenvalue weighted by Gasteiger charge is 2.09. The highest BCUT2D eigenvalue weighted by molar-refractivity contribution is 7.13. The van der Waals surface area contributed by atoms with Gasteiger partial charge in [0.05, 0.1) is 11.2 Å². The zero-order valence-electron chi connectivity index (χ0n) is 10.2. The molecule has 0 atom stereocenters. The summed E-state index contributed by atoms with van der Waals surface area (Å²) in [4.78, 5) is 20.5. The lowest BCUT2D eigenvalue weighted by atomic mass is 10.2. The molecule has 0 aliphatic carbocycles. The van der Waals surface area contributed by atoms with Gasteiger partial charge in [-0.2, -0.15) is 0 Å². The minimum absolute atomic E-state index is 0.204. The van der Waals surface area contributed by atoms with Crippen LogP contribution in [0.1, 0.15) is 20.2 Å². The summed E-state index contributed by atoms with van der Waals surface area (Å²) in [5, 5.41) is 12.1. The minimum Gasteiger partial charge on any atom is -0.384 e. The topological polar surface area (TPSA) is 75.1 Å². The molecule has 0 bridgehead atoms. The maximum Gasteiger partial charge on any atom is 0.268 e. The van der Waals surface area contributed by atoms with Gasteiger partial charge in [-0.25, -0.2) is 9.97 Å². The van der Waals surface area contributed by atoms with Crippen LogP contribution in [0.4, 0.5) is 5.82 Å². The van der Waals surface area contributed by atoms with Crippen LogP contribution in [0.5, 0.6) is 0 Å². The third-order valence-corrected chi connectivity index (χ3v) is 3.07. The van der Waals surface area contributed by atoms with Crippen molar-refractivity contribution in [1.82, 2.24) is 9.97 Å². The van der Waals surface area contributed by atoms with Gasteiger partial charge in [0.25, 0.3) is 5.91 Å². The summed E-state index contributed by atoms with van der Waals surface area (Å²) < 4.78 is 0. The summed E-state index contributed by atoms with van der Waals surface area (Å²) in [7, 11) is 0. The molecule has 2 N–H and O–H groups in total. The van der Waals surface area contributed by atoms with Gasteiger partial charge >= 0.3 is 0 Å². The Labute approximate surface area is 114 Å². The molecule has 5 nitrogen and oxygen atoms in total. The number of hydrogen-bond donors (Lipinski definition) is 2. The van der Waals surface area contributed by atoms with Crippen molar-refractivity contribution in [3.8, 4) is 11.8 Å². The Hall–Kier alpha value is -2.23. The Morgan fingerprint density at radius 3 is 3.05 bits per heavy atom. The number of hydrogen-bond acceptors (Lipinski definition) is 5. The van der Waals surface area contributed by atoms with Crippen molar-refractivity contribution in [2.24, 2.45) is 0 Å². The summed E-state index contributed by atoms with van der Waals surface area (Å²) in [6, 6.07) is 3.35. The zero-order chi connectivity index (χ0) is 13.7. The highest BCUT2D eigenvalue weighted by atomic mass is 32.1. The number of carbonyl (C=O) groups is 1. The van der Waals surface area contributed by atoms with Crippen LogP contribution < -0.4 is 5.32 Å². The number of nitrogens with one attached hydrogen (secondary N) is 1.